The first-order valence-electron chi connectivity index (χ1n) is 9.61. The number of aliphatic hydroxyl groups is 1. The molecule has 1 N–H and O–H groups in total. The van der Waals surface area contributed by atoms with Crippen LogP contribution in [0.15, 0.2) is 48.8 Å². The maximum Gasteiger partial charge on any atom is 0.123 e. The highest BCUT2D eigenvalue weighted by Gasteiger charge is 2.31. The van der Waals surface area contributed by atoms with Crippen molar-refractivity contribution in [2.45, 2.75) is 32.9 Å². The predicted octanol–water partition coefficient (Wildman–Crippen LogP) is 3.06. The third-order valence-electron chi connectivity index (χ3n) is 5.40. The molecule has 2 atom stereocenters. The van der Waals surface area contributed by atoms with Crippen LogP contribution in [0.1, 0.15) is 22.5 Å². The topological polar surface area (TPSA) is 54.2 Å². The summed E-state index contributed by atoms with van der Waals surface area (Å²) in [6.45, 7) is 5.89. The van der Waals surface area contributed by atoms with Crippen LogP contribution in [0, 0.1) is 25.6 Å². The van der Waals surface area contributed by atoms with E-state index in [-0.39, 0.29) is 17.8 Å². The van der Waals surface area contributed by atoms with Crippen LogP contribution in [-0.2, 0) is 13.0 Å². The van der Waals surface area contributed by atoms with E-state index in [9.17, 15) is 9.50 Å². The van der Waals surface area contributed by atoms with Gasteiger partial charge in [0, 0.05) is 43.6 Å². The smallest absolute Gasteiger partial charge is 0.123 e. The second kappa shape index (κ2) is 7.81. The van der Waals surface area contributed by atoms with Gasteiger partial charge in [-0.2, -0.15) is 5.10 Å². The molecule has 28 heavy (non-hydrogen) atoms. The average Bonchev–Trinajstić information content (AvgIpc) is 3.17. The third kappa shape index (κ3) is 3.98. The summed E-state index contributed by atoms with van der Waals surface area (Å²) in [5, 5.41) is 15.1. The van der Waals surface area contributed by atoms with Gasteiger partial charge in [0.15, 0.2) is 0 Å². The monoisotopic (exact) mass is 380 g/mol. The van der Waals surface area contributed by atoms with Gasteiger partial charge in [0.25, 0.3) is 0 Å². The van der Waals surface area contributed by atoms with Gasteiger partial charge in [-0.1, -0.05) is 0 Å². The summed E-state index contributed by atoms with van der Waals surface area (Å²) in [7, 11) is 0. The second-order valence-electron chi connectivity index (χ2n) is 7.69. The Morgan fingerprint density at radius 1 is 1.11 bits per heavy atom. The van der Waals surface area contributed by atoms with Gasteiger partial charge in [0.05, 0.1) is 17.5 Å². The van der Waals surface area contributed by atoms with E-state index in [1.165, 1.54) is 11.6 Å². The molecule has 5 nitrogen and oxygen atoms in total. The molecule has 3 heterocycles. The Morgan fingerprint density at radius 2 is 1.89 bits per heavy atom. The minimum atomic E-state index is -0.390. The second-order valence-corrected chi connectivity index (χ2v) is 7.69. The zero-order chi connectivity index (χ0) is 19.7. The highest BCUT2D eigenvalue weighted by atomic mass is 19.1. The molecule has 1 aliphatic rings. The Bertz CT molecular complexity index is 956. The van der Waals surface area contributed by atoms with Gasteiger partial charge in [-0.3, -0.25) is 9.88 Å². The van der Waals surface area contributed by atoms with Crippen molar-refractivity contribution in [2.75, 3.05) is 13.1 Å². The molecular formula is C22H25FN4O. The largest absolute Gasteiger partial charge is 0.391 e. The number of pyridine rings is 1. The summed E-state index contributed by atoms with van der Waals surface area (Å²) in [4.78, 5) is 6.24. The van der Waals surface area contributed by atoms with Crippen LogP contribution in [0.2, 0.25) is 0 Å². The van der Waals surface area contributed by atoms with Gasteiger partial charge < -0.3 is 5.11 Å². The number of hydrogen-bond acceptors (Lipinski definition) is 4. The zero-order valence-electron chi connectivity index (χ0n) is 16.2. The van der Waals surface area contributed by atoms with Crippen LogP contribution in [0.4, 0.5) is 4.39 Å². The highest BCUT2D eigenvalue weighted by molar-refractivity contribution is 5.42. The fourth-order valence-electron chi connectivity index (χ4n) is 4.09. The van der Waals surface area contributed by atoms with E-state index in [1.807, 2.05) is 36.7 Å². The number of aryl methyl sites for hydroxylation is 2. The molecule has 3 aromatic rings. The maximum atomic E-state index is 14.0. The minimum absolute atomic E-state index is 0.160. The number of benzene rings is 1. The summed E-state index contributed by atoms with van der Waals surface area (Å²) in [6.07, 6.45) is 3.98. The fraction of sp³-hybridized carbons (Fsp3) is 0.364. The van der Waals surface area contributed by atoms with Crippen molar-refractivity contribution in [3.63, 3.8) is 0 Å². The fourth-order valence-corrected chi connectivity index (χ4v) is 4.09. The van der Waals surface area contributed by atoms with Crippen molar-refractivity contribution in [1.82, 2.24) is 19.7 Å². The standard InChI is InChI=1S/C22H25FN4O/c1-15-9-16(2)27(25-15)21-4-3-20(23)11-18(21)12-26-13-19(22(28)14-26)10-17-5-7-24-8-6-17/h3-9,11,19,22,28H,10,12-14H2,1-2H3/t19-,22+/m1/s1. The minimum Gasteiger partial charge on any atom is -0.391 e. The first-order chi connectivity index (χ1) is 13.5. The molecule has 6 heteroatoms. The van der Waals surface area contributed by atoms with Crippen LogP contribution >= 0.6 is 0 Å². The first kappa shape index (κ1) is 18.8. The Balaban J connectivity index is 1.53. The van der Waals surface area contributed by atoms with Crippen molar-refractivity contribution in [2.24, 2.45) is 5.92 Å². The van der Waals surface area contributed by atoms with E-state index in [0.717, 1.165) is 35.6 Å². The molecule has 0 saturated carbocycles. The number of likely N-dealkylation sites (tertiary alicyclic amines) is 1. The predicted molar refractivity (Wildman–Crippen MR) is 106 cm³/mol. The SMILES string of the molecule is Cc1cc(C)n(-c2ccc(F)cc2CN2C[C@@H](Cc3ccncc3)[C@@H](O)C2)n1. The number of halogens is 1. The number of aliphatic hydroxyl groups excluding tert-OH is 1. The summed E-state index contributed by atoms with van der Waals surface area (Å²) < 4.78 is 15.8. The van der Waals surface area contributed by atoms with Crippen molar-refractivity contribution in [3.8, 4) is 5.69 Å². The molecule has 0 unspecified atom stereocenters. The van der Waals surface area contributed by atoms with Crippen LogP contribution in [0.3, 0.4) is 0 Å². The van der Waals surface area contributed by atoms with E-state index in [2.05, 4.69) is 15.0 Å². The molecule has 0 bridgehead atoms. The Kier molecular flexibility index (Phi) is 5.24. The van der Waals surface area contributed by atoms with E-state index >= 15 is 0 Å². The third-order valence-corrected chi connectivity index (χ3v) is 5.40. The van der Waals surface area contributed by atoms with Crippen molar-refractivity contribution < 1.29 is 9.50 Å². The normalized spacial score (nSPS) is 20.0. The summed E-state index contributed by atoms with van der Waals surface area (Å²) in [5.41, 5.74) is 4.89. The molecule has 1 fully saturated rings. The Labute approximate surface area is 164 Å². The molecule has 1 saturated heterocycles. The lowest BCUT2D eigenvalue weighted by molar-refractivity contribution is 0.141. The van der Waals surface area contributed by atoms with Crippen molar-refractivity contribution >= 4 is 0 Å². The van der Waals surface area contributed by atoms with Gasteiger partial charge in [-0.15, -0.1) is 0 Å². The van der Waals surface area contributed by atoms with Gasteiger partial charge in [-0.05, 0) is 67.8 Å². The lowest BCUT2D eigenvalue weighted by atomic mass is 9.97. The lowest BCUT2D eigenvalue weighted by Gasteiger charge is -2.19. The zero-order valence-corrected chi connectivity index (χ0v) is 16.2. The summed E-state index contributed by atoms with van der Waals surface area (Å²) in [5.74, 6) is -0.0959. The number of nitrogens with zero attached hydrogens (tertiary/aromatic N) is 4. The van der Waals surface area contributed by atoms with Crippen LogP contribution < -0.4 is 0 Å². The van der Waals surface area contributed by atoms with Crippen LogP contribution in [0.25, 0.3) is 5.69 Å². The van der Waals surface area contributed by atoms with Crippen molar-refractivity contribution in [3.05, 3.63) is 77.1 Å². The summed E-state index contributed by atoms with van der Waals surface area (Å²) in [6, 6.07) is 10.8. The molecular weight excluding hydrogens is 355 g/mol. The summed E-state index contributed by atoms with van der Waals surface area (Å²) >= 11 is 0. The number of β-amino-alcohol motifs (C(OH)–C–C–N with tert-alkyl or cyclic N) is 1. The number of aromatic nitrogens is 3. The average molecular weight is 380 g/mol. The van der Waals surface area contributed by atoms with Crippen LogP contribution in [0.5, 0.6) is 0 Å². The van der Waals surface area contributed by atoms with Crippen molar-refractivity contribution in [1.29, 1.82) is 0 Å². The molecule has 4 rings (SSSR count). The number of rotatable bonds is 5. The first-order valence-corrected chi connectivity index (χ1v) is 9.61. The molecule has 1 aliphatic heterocycles. The molecule has 0 spiro atoms. The quantitative estimate of drug-likeness (QED) is 0.739. The van der Waals surface area contributed by atoms with Crippen LogP contribution in [-0.4, -0.2) is 44.0 Å². The van der Waals surface area contributed by atoms with Gasteiger partial charge in [0.2, 0.25) is 0 Å². The Hall–Kier alpha value is -2.57. The van der Waals surface area contributed by atoms with E-state index in [1.54, 1.807) is 24.5 Å². The van der Waals surface area contributed by atoms with Gasteiger partial charge in [-0.25, -0.2) is 9.07 Å². The molecule has 0 aliphatic carbocycles. The maximum absolute atomic E-state index is 14.0. The molecule has 0 radical (unpaired) electrons. The van der Waals surface area contributed by atoms with E-state index < -0.39 is 0 Å². The van der Waals surface area contributed by atoms with Gasteiger partial charge >= 0.3 is 0 Å². The molecule has 2 aromatic heterocycles. The number of hydrogen-bond donors (Lipinski definition) is 1. The van der Waals surface area contributed by atoms with E-state index in [4.69, 9.17) is 0 Å². The van der Waals surface area contributed by atoms with Gasteiger partial charge in [0.1, 0.15) is 5.82 Å². The molecule has 1 aromatic carbocycles. The molecule has 0 amide bonds. The van der Waals surface area contributed by atoms with E-state index in [0.29, 0.717) is 13.1 Å². The Morgan fingerprint density at radius 3 is 2.61 bits per heavy atom. The highest BCUT2D eigenvalue weighted by Crippen LogP contribution is 2.26. The molecule has 146 valence electrons. The lowest BCUT2D eigenvalue weighted by Crippen LogP contribution is -2.22.